The normalized spacial score (nSPS) is 12.3. The molecule has 0 aliphatic rings. The van der Waals surface area contributed by atoms with Crippen LogP contribution < -0.4 is 4.74 Å². The molecule has 0 fully saturated rings. The van der Waals surface area contributed by atoms with Gasteiger partial charge in [-0.3, -0.25) is 0 Å². The second kappa shape index (κ2) is 5.92. The number of rotatable bonds is 4. The average molecular weight is 335 g/mol. The molecule has 4 nitrogen and oxygen atoms in total. The minimum atomic E-state index is -2.21. The van der Waals surface area contributed by atoms with E-state index >= 15 is 0 Å². The number of benzene rings is 2. The molecule has 7 heteroatoms. The van der Waals surface area contributed by atoms with E-state index in [9.17, 15) is 23.1 Å². The maximum absolute atomic E-state index is 15.0. The Morgan fingerprint density at radius 1 is 1.17 bits per heavy atom. The molecule has 0 bridgehead atoms. The van der Waals surface area contributed by atoms with E-state index in [0.29, 0.717) is 5.39 Å². The summed E-state index contributed by atoms with van der Waals surface area (Å²) in [4.78, 5) is 11.4. The number of aromatic carboxylic acids is 1. The van der Waals surface area contributed by atoms with Crippen LogP contribution in [0.25, 0.3) is 10.9 Å². The number of carbonyl (C=O) groups is 1. The zero-order valence-electron chi connectivity index (χ0n) is 12.5. The number of halogens is 3. The van der Waals surface area contributed by atoms with Crippen molar-refractivity contribution in [2.45, 2.75) is 6.30 Å². The highest BCUT2D eigenvalue weighted by Crippen LogP contribution is 2.33. The fourth-order valence-corrected chi connectivity index (χ4v) is 2.61. The number of hydrogen-bond acceptors (Lipinski definition) is 2. The van der Waals surface area contributed by atoms with Gasteiger partial charge in [0.1, 0.15) is 5.69 Å². The highest BCUT2D eigenvalue weighted by atomic mass is 19.2. The van der Waals surface area contributed by atoms with Crippen molar-refractivity contribution in [2.24, 2.45) is 0 Å². The second-order valence-electron chi connectivity index (χ2n) is 5.08. The van der Waals surface area contributed by atoms with E-state index in [4.69, 9.17) is 0 Å². The summed E-state index contributed by atoms with van der Waals surface area (Å²) in [6.45, 7) is 0. The van der Waals surface area contributed by atoms with Gasteiger partial charge < -0.3 is 14.4 Å². The van der Waals surface area contributed by atoms with Crippen molar-refractivity contribution < 1.29 is 27.8 Å². The van der Waals surface area contributed by atoms with Crippen LogP contribution >= 0.6 is 0 Å². The van der Waals surface area contributed by atoms with E-state index in [1.165, 1.54) is 12.1 Å². The minimum Gasteiger partial charge on any atom is -0.494 e. The van der Waals surface area contributed by atoms with Crippen molar-refractivity contribution in [3.63, 3.8) is 0 Å². The molecular weight excluding hydrogens is 323 g/mol. The number of ether oxygens (including phenoxy) is 1. The summed E-state index contributed by atoms with van der Waals surface area (Å²) in [5.74, 6) is -4.48. The quantitative estimate of drug-likeness (QED) is 0.779. The van der Waals surface area contributed by atoms with Gasteiger partial charge in [-0.2, -0.15) is 4.39 Å². The van der Waals surface area contributed by atoms with Crippen LogP contribution in [-0.4, -0.2) is 22.8 Å². The first-order valence-corrected chi connectivity index (χ1v) is 6.95. The van der Waals surface area contributed by atoms with E-state index in [1.807, 2.05) is 0 Å². The molecule has 0 aliphatic heterocycles. The summed E-state index contributed by atoms with van der Waals surface area (Å²) >= 11 is 0. The highest BCUT2D eigenvalue weighted by molar-refractivity contribution is 5.94. The van der Waals surface area contributed by atoms with Gasteiger partial charge in [0.15, 0.2) is 11.6 Å². The van der Waals surface area contributed by atoms with Crippen LogP contribution in [0.3, 0.4) is 0 Å². The lowest BCUT2D eigenvalue weighted by molar-refractivity contribution is 0.0678. The van der Waals surface area contributed by atoms with Gasteiger partial charge >= 0.3 is 5.97 Å². The lowest BCUT2D eigenvalue weighted by Crippen LogP contribution is -2.14. The monoisotopic (exact) mass is 335 g/mol. The molecular formula is C17H12F3NO3. The largest absolute Gasteiger partial charge is 0.494 e. The zero-order valence-corrected chi connectivity index (χ0v) is 12.5. The molecule has 3 aromatic rings. The number of fused-ring (bicyclic) bond motifs is 1. The van der Waals surface area contributed by atoms with Gasteiger partial charge in [-0.15, -0.1) is 0 Å². The van der Waals surface area contributed by atoms with Crippen molar-refractivity contribution in [3.05, 3.63) is 65.4 Å². The molecule has 1 atom stereocenters. The molecule has 0 saturated heterocycles. The van der Waals surface area contributed by atoms with Crippen LogP contribution in [-0.2, 0) is 0 Å². The summed E-state index contributed by atoms with van der Waals surface area (Å²) in [5, 5.41) is 9.77. The van der Waals surface area contributed by atoms with Gasteiger partial charge in [-0.1, -0.05) is 18.2 Å². The first kappa shape index (κ1) is 15.9. The summed E-state index contributed by atoms with van der Waals surface area (Å²) in [6, 6.07) is 9.78. The molecule has 1 unspecified atom stereocenters. The Morgan fingerprint density at radius 2 is 1.88 bits per heavy atom. The van der Waals surface area contributed by atoms with Crippen molar-refractivity contribution in [1.29, 1.82) is 0 Å². The Kier molecular flexibility index (Phi) is 3.92. The Hall–Kier alpha value is -2.96. The van der Waals surface area contributed by atoms with E-state index in [-0.39, 0.29) is 17.0 Å². The summed E-state index contributed by atoms with van der Waals surface area (Å²) in [5.41, 5.74) is -0.713. The number of aromatic nitrogens is 1. The van der Waals surface area contributed by atoms with Gasteiger partial charge in [0.05, 0.1) is 12.6 Å². The number of methoxy groups -OCH3 is 1. The molecule has 1 aromatic heterocycles. The maximum Gasteiger partial charge on any atom is 0.352 e. The highest BCUT2D eigenvalue weighted by Gasteiger charge is 2.27. The third-order valence-electron chi connectivity index (χ3n) is 3.75. The molecule has 0 aliphatic carbocycles. The van der Waals surface area contributed by atoms with Crippen LogP contribution in [0.5, 0.6) is 5.75 Å². The molecule has 0 radical (unpaired) electrons. The van der Waals surface area contributed by atoms with E-state index in [0.717, 1.165) is 23.8 Å². The number of carboxylic acid groups (broad SMARTS) is 1. The van der Waals surface area contributed by atoms with Gasteiger partial charge in [-0.25, -0.2) is 13.6 Å². The SMILES string of the molecule is COc1ccc(C(F)n2c(C(=O)O)cc3ccccc32)c(F)c1F. The van der Waals surface area contributed by atoms with E-state index in [2.05, 4.69) is 4.74 Å². The number of alkyl halides is 1. The van der Waals surface area contributed by atoms with Crippen molar-refractivity contribution in [1.82, 2.24) is 4.57 Å². The fourth-order valence-electron chi connectivity index (χ4n) is 2.61. The number of hydrogen-bond donors (Lipinski definition) is 1. The summed E-state index contributed by atoms with van der Waals surface area (Å²) in [7, 11) is 1.16. The number of para-hydroxylation sites is 1. The first-order valence-electron chi connectivity index (χ1n) is 6.95. The smallest absolute Gasteiger partial charge is 0.352 e. The third kappa shape index (κ3) is 2.38. The Balaban J connectivity index is 2.22. The molecule has 0 spiro atoms. The fraction of sp³-hybridized carbons (Fsp3) is 0.118. The first-order chi connectivity index (χ1) is 11.5. The van der Waals surface area contributed by atoms with Crippen LogP contribution in [0.2, 0.25) is 0 Å². The third-order valence-corrected chi connectivity index (χ3v) is 3.75. The van der Waals surface area contributed by atoms with Crippen LogP contribution in [0.1, 0.15) is 22.3 Å². The standard InChI is InChI=1S/C17H12F3NO3/c1-24-13-7-6-10(14(18)15(13)19)16(20)21-11-5-3-2-4-9(11)8-12(21)17(22)23/h2-8,16H,1H3,(H,22,23). The Labute approximate surface area is 134 Å². The minimum absolute atomic E-state index is 0.262. The molecule has 1 heterocycles. The van der Waals surface area contributed by atoms with Gasteiger partial charge in [-0.05, 0) is 24.3 Å². The van der Waals surface area contributed by atoms with Crippen molar-refractivity contribution in [2.75, 3.05) is 7.11 Å². The van der Waals surface area contributed by atoms with Crippen LogP contribution in [0, 0.1) is 11.6 Å². The summed E-state index contributed by atoms with van der Waals surface area (Å²) < 4.78 is 48.5. The number of carboxylic acids is 1. The average Bonchev–Trinajstić information content (AvgIpc) is 2.96. The van der Waals surface area contributed by atoms with E-state index < -0.39 is 29.5 Å². The van der Waals surface area contributed by atoms with E-state index in [1.54, 1.807) is 18.2 Å². The predicted octanol–water partition coefficient (Wildman–Crippen LogP) is 4.14. The molecule has 3 rings (SSSR count). The van der Waals surface area contributed by atoms with Gasteiger partial charge in [0.25, 0.3) is 0 Å². The predicted molar refractivity (Wildman–Crippen MR) is 81.1 cm³/mol. The molecule has 0 amide bonds. The molecule has 1 N–H and O–H groups in total. The van der Waals surface area contributed by atoms with Crippen molar-refractivity contribution >= 4 is 16.9 Å². The van der Waals surface area contributed by atoms with Gasteiger partial charge in [0.2, 0.25) is 12.1 Å². The molecule has 0 saturated carbocycles. The van der Waals surface area contributed by atoms with Crippen LogP contribution in [0.4, 0.5) is 13.2 Å². The van der Waals surface area contributed by atoms with Gasteiger partial charge in [0, 0.05) is 10.9 Å². The lowest BCUT2D eigenvalue weighted by Gasteiger charge is -2.16. The summed E-state index contributed by atoms with van der Waals surface area (Å²) in [6.07, 6.45) is -2.21. The second-order valence-corrected chi connectivity index (χ2v) is 5.08. The number of nitrogens with zero attached hydrogens (tertiary/aromatic N) is 1. The van der Waals surface area contributed by atoms with Crippen LogP contribution in [0.15, 0.2) is 42.5 Å². The maximum atomic E-state index is 15.0. The molecule has 24 heavy (non-hydrogen) atoms. The Bertz CT molecular complexity index is 936. The topological polar surface area (TPSA) is 51.5 Å². The zero-order chi connectivity index (χ0) is 17.4. The molecule has 2 aromatic carbocycles. The lowest BCUT2D eigenvalue weighted by atomic mass is 10.1. The van der Waals surface area contributed by atoms with Crippen molar-refractivity contribution in [3.8, 4) is 5.75 Å². The molecule has 124 valence electrons. The Morgan fingerprint density at radius 3 is 2.54 bits per heavy atom.